The third-order valence-corrected chi connectivity index (χ3v) is 2.60. The second-order valence-electron chi connectivity index (χ2n) is 3.80. The molecule has 0 aliphatic heterocycles. The molecule has 2 aromatic rings. The van der Waals surface area contributed by atoms with Crippen molar-refractivity contribution in [2.45, 2.75) is 0 Å². The third kappa shape index (κ3) is 1.09. The van der Waals surface area contributed by atoms with Gasteiger partial charge < -0.3 is 0 Å². The van der Waals surface area contributed by atoms with Crippen LogP contribution >= 0.6 is 0 Å². The van der Waals surface area contributed by atoms with Gasteiger partial charge in [-0.15, -0.1) is 0 Å². The molecule has 0 spiro atoms. The number of benzene rings is 1. The van der Waals surface area contributed by atoms with Gasteiger partial charge in [0, 0.05) is 0 Å². The van der Waals surface area contributed by atoms with Gasteiger partial charge in [-0.25, -0.2) is 9.13 Å². The van der Waals surface area contributed by atoms with Crippen LogP contribution in [0.25, 0.3) is 11.0 Å². The van der Waals surface area contributed by atoms with E-state index in [-0.39, 0.29) is 0 Å². The van der Waals surface area contributed by atoms with Gasteiger partial charge in [-0.1, -0.05) is 12.1 Å². The van der Waals surface area contributed by atoms with Crippen molar-refractivity contribution in [2.75, 3.05) is 19.0 Å². The number of hydrogen-bond acceptors (Lipinski definition) is 1. The molecule has 0 unspecified atom stereocenters. The number of rotatable bonds is 1. The van der Waals surface area contributed by atoms with E-state index in [9.17, 15) is 0 Å². The van der Waals surface area contributed by atoms with Crippen LogP contribution in [0.4, 0.5) is 5.95 Å². The van der Waals surface area contributed by atoms with E-state index in [4.69, 9.17) is 0 Å². The lowest BCUT2D eigenvalue weighted by atomic mass is 10.3. The number of imidazole rings is 1. The molecule has 74 valence electrons. The molecule has 1 aromatic carbocycles. The molecule has 0 amide bonds. The van der Waals surface area contributed by atoms with E-state index in [1.54, 1.807) is 0 Å². The summed E-state index contributed by atoms with van der Waals surface area (Å²) in [5.74, 6) is 1.20. The van der Waals surface area contributed by atoms with E-state index in [1.807, 2.05) is 0 Å². The van der Waals surface area contributed by atoms with Gasteiger partial charge >= 0.3 is 5.95 Å². The Kier molecular flexibility index (Phi) is 1.95. The summed E-state index contributed by atoms with van der Waals surface area (Å²) in [6.45, 7) is 0. The van der Waals surface area contributed by atoms with Crippen molar-refractivity contribution in [3.63, 3.8) is 0 Å². The first-order valence-electron chi connectivity index (χ1n) is 4.73. The Hall–Kier alpha value is -1.51. The molecule has 1 heterocycles. The number of aromatic nitrogens is 2. The van der Waals surface area contributed by atoms with E-state index in [2.05, 4.69) is 66.5 Å². The highest BCUT2D eigenvalue weighted by atomic mass is 15.3. The molecule has 1 aromatic heterocycles. The van der Waals surface area contributed by atoms with E-state index in [0.29, 0.717) is 0 Å². The number of anilines is 1. The second kappa shape index (κ2) is 3.01. The maximum atomic E-state index is 2.20. The number of nitrogens with zero attached hydrogens (tertiary/aromatic N) is 3. The van der Waals surface area contributed by atoms with Crippen LogP contribution in [-0.4, -0.2) is 18.7 Å². The molecule has 0 fully saturated rings. The van der Waals surface area contributed by atoms with Gasteiger partial charge in [-0.05, 0) is 12.1 Å². The fourth-order valence-electron chi connectivity index (χ4n) is 2.07. The van der Waals surface area contributed by atoms with Gasteiger partial charge in [-0.2, -0.15) is 0 Å². The highest BCUT2D eigenvalue weighted by Gasteiger charge is 2.19. The lowest BCUT2D eigenvalue weighted by Crippen LogP contribution is -2.35. The van der Waals surface area contributed by atoms with Crippen LogP contribution < -0.4 is 9.47 Å². The summed E-state index contributed by atoms with van der Waals surface area (Å²) in [4.78, 5) is 2.12. The van der Waals surface area contributed by atoms with Crippen LogP contribution in [0.15, 0.2) is 24.3 Å². The molecular formula is C11H16N3+. The molecule has 3 heteroatoms. The van der Waals surface area contributed by atoms with Gasteiger partial charge in [-0.3, -0.25) is 4.90 Å². The third-order valence-electron chi connectivity index (χ3n) is 2.60. The van der Waals surface area contributed by atoms with Gasteiger partial charge in [0.25, 0.3) is 0 Å². The Balaban J connectivity index is 2.85. The highest BCUT2D eigenvalue weighted by molar-refractivity contribution is 5.74. The predicted octanol–water partition coefficient (Wildman–Crippen LogP) is 1.07. The summed E-state index contributed by atoms with van der Waals surface area (Å²) in [5, 5.41) is 0. The molecule has 3 nitrogen and oxygen atoms in total. The van der Waals surface area contributed by atoms with Gasteiger partial charge in [0.1, 0.15) is 11.0 Å². The minimum atomic E-state index is 1.20. The number of aryl methyl sites for hydroxylation is 2. The molecule has 0 radical (unpaired) electrons. The Bertz CT molecular complexity index is 430. The molecule has 0 aliphatic rings. The molecular weight excluding hydrogens is 174 g/mol. The van der Waals surface area contributed by atoms with Crippen molar-refractivity contribution >= 4 is 17.0 Å². The van der Waals surface area contributed by atoms with Crippen LogP contribution in [0.3, 0.4) is 0 Å². The Morgan fingerprint density at radius 3 is 2.43 bits per heavy atom. The maximum absolute atomic E-state index is 2.20. The first-order chi connectivity index (χ1) is 6.63. The van der Waals surface area contributed by atoms with Gasteiger partial charge in [0.05, 0.1) is 28.2 Å². The summed E-state index contributed by atoms with van der Waals surface area (Å²) >= 11 is 0. The fraction of sp³-hybridized carbons (Fsp3) is 0.364. The standard InChI is InChI=1S/C11H16N3/c1-12(2)11-13(3)9-7-5-6-8-10(9)14(11)4/h5-8H,1-4H3/q+1. The van der Waals surface area contributed by atoms with Crippen LogP contribution in [-0.2, 0) is 14.1 Å². The molecule has 0 saturated heterocycles. The summed E-state index contributed by atoms with van der Waals surface area (Å²) in [6, 6.07) is 8.42. The molecule has 0 atom stereocenters. The Morgan fingerprint density at radius 1 is 1.21 bits per heavy atom. The van der Waals surface area contributed by atoms with Crippen molar-refractivity contribution in [1.29, 1.82) is 0 Å². The fourth-order valence-corrected chi connectivity index (χ4v) is 2.07. The SMILES string of the molecule is CN(C)c1n(C)c2ccccc2[n+]1C. The molecule has 14 heavy (non-hydrogen) atoms. The summed E-state index contributed by atoms with van der Waals surface area (Å²) in [7, 11) is 8.32. The van der Waals surface area contributed by atoms with E-state index in [0.717, 1.165) is 0 Å². The smallest absolute Gasteiger partial charge is 0.270 e. The lowest BCUT2D eigenvalue weighted by Gasteiger charge is -2.05. The Labute approximate surface area is 84.2 Å². The molecule has 0 saturated carbocycles. The zero-order valence-electron chi connectivity index (χ0n) is 9.15. The summed E-state index contributed by atoms with van der Waals surface area (Å²) in [6.07, 6.45) is 0. The number of para-hydroxylation sites is 2. The minimum absolute atomic E-state index is 1.20. The lowest BCUT2D eigenvalue weighted by molar-refractivity contribution is -0.632. The minimum Gasteiger partial charge on any atom is -0.270 e. The number of fused-ring (bicyclic) bond motifs is 1. The quantitative estimate of drug-likeness (QED) is 0.613. The van der Waals surface area contributed by atoms with Crippen molar-refractivity contribution in [3.05, 3.63) is 24.3 Å². The molecule has 0 bridgehead atoms. The van der Waals surface area contributed by atoms with Crippen LogP contribution in [0.2, 0.25) is 0 Å². The summed E-state index contributed by atoms with van der Waals surface area (Å²) in [5.41, 5.74) is 2.53. The van der Waals surface area contributed by atoms with Crippen LogP contribution in [0, 0.1) is 0 Å². The predicted molar refractivity (Wildman–Crippen MR) is 58.4 cm³/mol. The van der Waals surface area contributed by atoms with Gasteiger partial charge in [0.2, 0.25) is 0 Å². The van der Waals surface area contributed by atoms with Crippen molar-refractivity contribution in [2.24, 2.45) is 14.1 Å². The monoisotopic (exact) mass is 190 g/mol. The van der Waals surface area contributed by atoms with Crippen LogP contribution in [0.5, 0.6) is 0 Å². The molecule has 0 N–H and O–H groups in total. The highest BCUT2D eigenvalue weighted by Crippen LogP contribution is 2.16. The average Bonchev–Trinajstić information content (AvgIpc) is 2.41. The maximum Gasteiger partial charge on any atom is 0.359 e. The first-order valence-corrected chi connectivity index (χ1v) is 4.73. The van der Waals surface area contributed by atoms with Crippen molar-refractivity contribution in [3.8, 4) is 0 Å². The number of hydrogen-bond donors (Lipinski definition) is 0. The van der Waals surface area contributed by atoms with E-state index < -0.39 is 0 Å². The van der Waals surface area contributed by atoms with Crippen LogP contribution in [0.1, 0.15) is 0 Å². The Morgan fingerprint density at radius 2 is 1.86 bits per heavy atom. The largest absolute Gasteiger partial charge is 0.359 e. The van der Waals surface area contributed by atoms with Crippen molar-refractivity contribution in [1.82, 2.24) is 4.57 Å². The molecule has 0 aliphatic carbocycles. The van der Waals surface area contributed by atoms with E-state index in [1.165, 1.54) is 17.0 Å². The zero-order valence-corrected chi connectivity index (χ0v) is 9.15. The van der Waals surface area contributed by atoms with Crippen molar-refractivity contribution < 1.29 is 4.57 Å². The average molecular weight is 190 g/mol. The zero-order chi connectivity index (χ0) is 10.3. The normalized spacial score (nSPS) is 10.9. The summed E-state index contributed by atoms with van der Waals surface area (Å²) < 4.78 is 4.41. The topological polar surface area (TPSA) is 12.1 Å². The first kappa shape index (κ1) is 9.06. The molecule has 2 rings (SSSR count). The van der Waals surface area contributed by atoms with Gasteiger partial charge in [0.15, 0.2) is 0 Å². The second-order valence-corrected chi connectivity index (χ2v) is 3.80. The van der Waals surface area contributed by atoms with E-state index >= 15 is 0 Å².